The Kier molecular flexibility index (Phi) is 7.11. The zero-order chi connectivity index (χ0) is 33.8. The summed E-state index contributed by atoms with van der Waals surface area (Å²) in [5.41, 5.74) is 5.76. The fraction of sp³-hybridized carbons (Fsp3) is 0.0698. The predicted octanol–water partition coefficient (Wildman–Crippen LogP) is 17.1. The quantitative estimate of drug-likeness (QED) is 0.105. The van der Waals surface area contributed by atoms with Crippen molar-refractivity contribution in [2.75, 3.05) is 0 Å². The van der Waals surface area contributed by atoms with Crippen molar-refractivity contribution < 1.29 is 2.74 Å². The Hall–Kier alpha value is -3.36. The van der Waals surface area contributed by atoms with Crippen LogP contribution in [0.15, 0.2) is 118 Å². The normalized spacial score (nSPS) is 12.6. The highest BCUT2D eigenvalue weighted by molar-refractivity contribution is 9.10. The minimum Gasteiger partial charge on any atom is -0.135 e. The Bertz CT molecular complexity index is 2920. The molecule has 0 atom stereocenters. The van der Waals surface area contributed by atoms with Crippen molar-refractivity contribution in [2.24, 2.45) is 0 Å². The molecular formula is C43H28Br2S4. The Morgan fingerprint density at radius 3 is 1.12 bits per heavy atom. The summed E-state index contributed by atoms with van der Waals surface area (Å²) in [6.45, 7) is 0.833. The summed E-state index contributed by atoms with van der Waals surface area (Å²) in [4.78, 5) is 0. The highest BCUT2D eigenvalue weighted by atomic mass is 79.9. The summed E-state index contributed by atoms with van der Waals surface area (Å²) in [7, 11) is 0. The molecule has 4 aliphatic rings. The average Bonchev–Trinajstić information content (AvgIpc) is 3.10. The van der Waals surface area contributed by atoms with Gasteiger partial charge in [-0.05, 0) is 82.2 Å². The molecule has 0 bridgehead atoms. The molecule has 49 heavy (non-hydrogen) atoms. The molecule has 0 unspecified atom stereocenters. The van der Waals surface area contributed by atoms with Crippen molar-refractivity contribution >= 4 is 158 Å². The molecule has 0 aliphatic carbocycles. The van der Waals surface area contributed by atoms with Crippen molar-refractivity contribution in [3.05, 3.63) is 118 Å². The molecule has 0 amide bonds. The van der Waals surface area contributed by atoms with Gasteiger partial charge in [0.25, 0.3) is 0 Å². The van der Waals surface area contributed by atoms with E-state index in [4.69, 9.17) is 2.74 Å². The molecule has 0 aromatic heterocycles. The predicted molar refractivity (Wildman–Crippen MR) is 234 cm³/mol. The van der Waals surface area contributed by atoms with Gasteiger partial charge in [-0.1, -0.05) is 102 Å². The zero-order valence-corrected chi connectivity index (χ0v) is 31.8. The molecule has 0 fully saturated rings. The van der Waals surface area contributed by atoms with Crippen LogP contribution < -0.4 is 0 Å². The van der Waals surface area contributed by atoms with Gasteiger partial charge in [-0.3, -0.25) is 0 Å². The summed E-state index contributed by atoms with van der Waals surface area (Å²) in [5.74, 6) is 0. The van der Waals surface area contributed by atoms with Crippen LogP contribution in [-0.2, 0) is 0 Å². The van der Waals surface area contributed by atoms with E-state index in [-0.39, 0.29) is 7.43 Å². The van der Waals surface area contributed by atoms with Crippen LogP contribution in [-0.4, -0.2) is 0 Å². The van der Waals surface area contributed by atoms with Crippen molar-refractivity contribution in [1.29, 1.82) is 0 Å². The highest BCUT2D eigenvalue weighted by Crippen LogP contribution is 2.53. The van der Waals surface area contributed by atoms with Crippen molar-refractivity contribution in [2.45, 2.75) is 21.2 Å². The summed E-state index contributed by atoms with van der Waals surface area (Å²) in [6.07, 6.45) is 0. The van der Waals surface area contributed by atoms with Gasteiger partial charge in [-0.2, -0.15) is 0 Å². The van der Waals surface area contributed by atoms with Crippen LogP contribution in [0.25, 0.3) is 103 Å². The molecule has 238 valence electrons. The van der Waals surface area contributed by atoms with Crippen LogP contribution >= 0.6 is 77.2 Å². The van der Waals surface area contributed by atoms with Crippen LogP contribution in [0.1, 0.15) is 24.0 Å². The number of halogens is 2. The van der Waals surface area contributed by atoms with Gasteiger partial charge < -0.3 is 0 Å². The number of hydrogen-bond donors (Lipinski definition) is 0. The van der Waals surface area contributed by atoms with Crippen LogP contribution in [0.2, 0.25) is 0 Å². The van der Waals surface area contributed by atoms with Crippen LogP contribution in [0.3, 0.4) is 0 Å². The maximum atomic E-state index is 6.25. The largest absolute Gasteiger partial charge is 0.135 e. The van der Waals surface area contributed by atoms with Gasteiger partial charge >= 0.3 is 0 Å². The third-order valence-corrected chi connectivity index (χ3v) is 14.7. The zero-order valence-electron chi connectivity index (χ0n) is 27.4. The molecule has 0 N–H and O–H groups in total. The van der Waals surface area contributed by atoms with E-state index in [9.17, 15) is 0 Å². The molecule has 6 heteroatoms. The van der Waals surface area contributed by atoms with Gasteiger partial charge in [0.1, 0.15) is 0 Å². The van der Waals surface area contributed by atoms with E-state index in [1.54, 1.807) is 0 Å². The Labute approximate surface area is 319 Å². The maximum absolute atomic E-state index is 6.25. The maximum Gasteiger partial charge on any atom is 0.0372 e. The average molecular weight is 837 g/mol. The first kappa shape index (κ1) is 29.4. The first-order chi connectivity index (χ1) is 24.3. The van der Waals surface area contributed by atoms with Gasteiger partial charge in [0.15, 0.2) is 0 Å². The van der Waals surface area contributed by atoms with Crippen molar-refractivity contribution in [1.82, 2.24) is 0 Å². The third-order valence-electron chi connectivity index (χ3n) is 9.33. The van der Waals surface area contributed by atoms with E-state index in [1.165, 1.54) is 110 Å². The molecule has 0 radical (unpaired) electrons. The second-order valence-corrected chi connectivity index (χ2v) is 18.0. The van der Waals surface area contributed by atoms with E-state index in [2.05, 4.69) is 141 Å². The lowest BCUT2D eigenvalue weighted by Crippen LogP contribution is -1.91. The lowest BCUT2D eigenvalue weighted by Gasteiger charge is -2.20. The molecule has 8 aromatic rings. The molecule has 0 spiro atoms. The minimum absolute atomic E-state index is 0. The highest BCUT2D eigenvalue weighted by Gasteiger charge is 2.23. The van der Waals surface area contributed by atoms with Crippen LogP contribution in [0.5, 0.6) is 0 Å². The molecule has 4 heterocycles. The lowest BCUT2D eigenvalue weighted by atomic mass is 9.93. The summed E-state index contributed by atoms with van der Waals surface area (Å²) >= 11 is 15.0. The summed E-state index contributed by atoms with van der Waals surface area (Å²) < 4.78 is 25.8. The van der Waals surface area contributed by atoms with E-state index in [0.29, 0.717) is 0 Å². The monoisotopic (exact) mass is 834 g/mol. The third kappa shape index (κ3) is 4.61. The Morgan fingerprint density at radius 1 is 0.408 bits per heavy atom. The van der Waals surface area contributed by atoms with Crippen LogP contribution in [0, 0.1) is 0 Å². The molecule has 0 saturated heterocycles. The first-order valence-electron chi connectivity index (χ1n) is 16.7. The number of rotatable bonds is 0. The van der Waals surface area contributed by atoms with Crippen LogP contribution in [0.4, 0.5) is 0 Å². The smallest absolute Gasteiger partial charge is 0.0372 e. The second-order valence-electron chi connectivity index (χ2n) is 11.9. The molecule has 0 nitrogen and oxygen atoms in total. The summed E-state index contributed by atoms with van der Waals surface area (Å²) in [6, 6.07) is 40.5. The van der Waals surface area contributed by atoms with Crippen molar-refractivity contribution in [3.8, 4) is 22.3 Å². The second kappa shape index (κ2) is 11.9. The summed E-state index contributed by atoms with van der Waals surface area (Å²) in [5, 5.41) is 11.0. The van der Waals surface area contributed by atoms with Gasteiger partial charge in [-0.25, -0.2) is 0 Å². The Balaban J connectivity index is 0.000000122. The lowest BCUT2D eigenvalue weighted by molar-refractivity contribution is 1.50. The van der Waals surface area contributed by atoms with E-state index in [0.717, 1.165) is 8.95 Å². The molecule has 8 aromatic carbocycles. The molecule has 12 rings (SSSR count). The number of benzene rings is 8. The van der Waals surface area contributed by atoms with Gasteiger partial charge in [0.2, 0.25) is 0 Å². The van der Waals surface area contributed by atoms with E-state index in [1.807, 2.05) is 45.3 Å². The number of hydrogen-bond acceptors (Lipinski definition) is 4. The standard InChI is InChI=1S/C20H8Br2S2.C20H10S2.C2H6.CH4/c21-11-5-9-1-3-13-19-17(9)15(7-11)24-14-4-2-10-6-12(22)8-16(23-13)18(10)20(14)19;1-3-11-7-9-16-19-17(11)13(5-1)21-15-10-8-12-4-2-6-14(22-16)18(12)20(15)19;1-2;/h1-8H;1-10H;1-2H3;1H4/i;;1T2;. The molecule has 4 aliphatic heterocycles. The topological polar surface area (TPSA) is 0 Å². The molecule has 0 saturated carbocycles. The van der Waals surface area contributed by atoms with Gasteiger partial charge in [0, 0.05) is 93.1 Å². The fourth-order valence-electron chi connectivity index (χ4n) is 7.54. The SMILES string of the molecule is Brc1cc2ccc3sc4cc(Br)cc5ccc6sc(c1)c2c3-c6c54.C.[3H]C([3H])C.c1cc2ccc3sc4cccc5ccc6sc(c1)c2c3-c6c54. The van der Waals surface area contributed by atoms with Gasteiger partial charge in [-0.15, -0.1) is 45.3 Å². The van der Waals surface area contributed by atoms with E-state index < -0.39 is 6.88 Å². The van der Waals surface area contributed by atoms with E-state index >= 15 is 0 Å². The Morgan fingerprint density at radius 2 is 0.735 bits per heavy atom. The van der Waals surface area contributed by atoms with Crippen molar-refractivity contribution in [3.63, 3.8) is 0 Å². The first-order valence-corrected chi connectivity index (χ1v) is 20.4. The fourth-order valence-corrected chi connectivity index (χ4v) is 13.5. The van der Waals surface area contributed by atoms with Gasteiger partial charge in [0.05, 0.1) is 0 Å². The molecular weight excluding hydrogens is 805 g/mol. The minimum atomic E-state index is -0.667.